The molecule has 7 heteroatoms. The van der Waals surface area contributed by atoms with Crippen LogP contribution in [0.3, 0.4) is 0 Å². The van der Waals surface area contributed by atoms with Crippen LogP contribution in [-0.2, 0) is 9.53 Å². The lowest BCUT2D eigenvalue weighted by Crippen LogP contribution is -2.18. The van der Waals surface area contributed by atoms with E-state index in [1.54, 1.807) is 42.5 Å². The van der Waals surface area contributed by atoms with Gasteiger partial charge in [0.05, 0.1) is 37.7 Å². The Balaban J connectivity index is 2.19. The summed E-state index contributed by atoms with van der Waals surface area (Å²) in [5, 5.41) is 11.3. The highest BCUT2D eigenvalue weighted by Crippen LogP contribution is 2.39. The third kappa shape index (κ3) is 4.25. The fraction of sp³-hybridized carbons (Fsp3) is 0.304. The van der Waals surface area contributed by atoms with Crippen LogP contribution in [0.2, 0.25) is 0 Å². The number of benzene rings is 2. The van der Waals surface area contributed by atoms with Crippen molar-refractivity contribution in [2.75, 3.05) is 14.2 Å². The van der Waals surface area contributed by atoms with E-state index in [4.69, 9.17) is 18.6 Å². The maximum absolute atomic E-state index is 12.8. The van der Waals surface area contributed by atoms with Crippen molar-refractivity contribution in [1.29, 1.82) is 0 Å². The van der Waals surface area contributed by atoms with Gasteiger partial charge in [-0.25, -0.2) is 4.79 Å². The minimum absolute atomic E-state index is 0.0151. The summed E-state index contributed by atoms with van der Waals surface area (Å²) in [5.41, 5.74) is 0.102. The molecule has 0 fully saturated rings. The standard InChI is InChI=1S/C23H24O7/c1-13(2)29-18-10-9-14(11-19(18)27-3)16(12-20(24)28-4)21-22(25)15-7-5-6-8-17(15)30-23(21)26/h5-11,13,16,25H,12H2,1-4H3/t16-/m0/s1. The quantitative estimate of drug-likeness (QED) is 0.463. The highest BCUT2D eigenvalue weighted by Gasteiger charge is 2.28. The van der Waals surface area contributed by atoms with Crippen LogP contribution in [0.5, 0.6) is 17.2 Å². The predicted molar refractivity (Wildman–Crippen MR) is 111 cm³/mol. The van der Waals surface area contributed by atoms with Gasteiger partial charge in [0.1, 0.15) is 11.3 Å². The first-order chi connectivity index (χ1) is 14.3. The first-order valence-corrected chi connectivity index (χ1v) is 9.51. The number of carbonyl (C=O) groups is 1. The van der Waals surface area contributed by atoms with Gasteiger partial charge >= 0.3 is 11.6 Å². The van der Waals surface area contributed by atoms with Gasteiger partial charge in [-0.1, -0.05) is 18.2 Å². The number of carbonyl (C=O) groups excluding carboxylic acids is 1. The number of methoxy groups -OCH3 is 2. The Kier molecular flexibility index (Phi) is 6.30. The van der Waals surface area contributed by atoms with Crippen molar-refractivity contribution < 1.29 is 28.5 Å². The maximum Gasteiger partial charge on any atom is 0.343 e. The van der Waals surface area contributed by atoms with Crippen molar-refractivity contribution in [3.63, 3.8) is 0 Å². The zero-order valence-electron chi connectivity index (χ0n) is 17.3. The number of hydrogen-bond acceptors (Lipinski definition) is 7. The molecule has 3 aromatic rings. The van der Waals surface area contributed by atoms with Gasteiger partial charge in [-0.2, -0.15) is 0 Å². The second-order valence-electron chi connectivity index (χ2n) is 7.06. The summed E-state index contributed by atoms with van der Waals surface area (Å²) in [6.45, 7) is 3.79. The van der Waals surface area contributed by atoms with E-state index in [1.807, 2.05) is 13.8 Å². The summed E-state index contributed by atoms with van der Waals surface area (Å²) in [4.78, 5) is 24.9. The van der Waals surface area contributed by atoms with Crippen molar-refractivity contribution in [2.24, 2.45) is 0 Å². The third-order valence-corrected chi connectivity index (χ3v) is 4.72. The molecular weight excluding hydrogens is 388 g/mol. The second-order valence-corrected chi connectivity index (χ2v) is 7.06. The zero-order valence-corrected chi connectivity index (χ0v) is 17.3. The smallest absolute Gasteiger partial charge is 0.343 e. The molecule has 1 atom stereocenters. The molecule has 1 aromatic heterocycles. The number of para-hydroxylation sites is 1. The number of rotatable bonds is 7. The highest BCUT2D eigenvalue weighted by molar-refractivity contribution is 5.84. The fourth-order valence-corrected chi connectivity index (χ4v) is 3.34. The van der Waals surface area contributed by atoms with Gasteiger partial charge in [0, 0.05) is 5.92 Å². The van der Waals surface area contributed by atoms with Crippen molar-refractivity contribution in [1.82, 2.24) is 0 Å². The average molecular weight is 412 g/mol. The zero-order chi connectivity index (χ0) is 21.8. The topological polar surface area (TPSA) is 95.2 Å². The number of hydrogen-bond donors (Lipinski definition) is 1. The molecule has 0 aliphatic heterocycles. The summed E-state index contributed by atoms with van der Waals surface area (Å²) < 4.78 is 21.4. The van der Waals surface area contributed by atoms with E-state index in [9.17, 15) is 14.7 Å². The predicted octanol–water partition coefficient (Wildman–Crippen LogP) is 3.99. The van der Waals surface area contributed by atoms with E-state index in [-0.39, 0.29) is 29.4 Å². The second kappa shape index (κ2) is 8.90. The normalized spacial score (nSPS) is 12.0. The van der Waals surface area contributed by atoms with Crippen molar-refractivity contribution in [2.45, 2.75) is 32.3 Å². The van der Waals surface area contributed by atoms with Gasteiger partial charge in [-0.3, -0.25) is 4.79 Å². The summed E-state index contributed by atoms with van der Waals surface area (Å²) in [7, 11) is 2.77. The Morgan fingerprint density at radius 2 is 1.83 bits per heavy atom. The molecule has 0 bridgehead atoms. The SMILES string of the molecule is COC(=O)C[C@@H](c1ccc(OC(C)C)c(OC)c1)c1c(O)c2ccccc2oc1=O. The van der Waals surface area contributed by atoms with Crippen LogP contribution < -0.4 is 15.1 Å². The maximum atomic E-state index is 12.8. The highest BCUT2D eigenvalue weighted by atomic mass is 16.5. The number of aromatic hydroxyl groups is 1. The van der Waals surface area contributed by atoms with Gasteiger partial charge in [-0.05, 0) is 43.7 Å². The Bertz CT molecular complexity index is 1110. The monoisotopic (exact) mass is 412 g/mol. The average Bonchev–Trinajstić information content (AvgIpc) is 2.72. The summed E-state index contributed by atoms with van der Waals surface area (Å²) >= 11 is 0. The van der Waals surface area contributed by atoms with Crippen LogP contribution in [0, 0.1) is 0 Å². The molecular formula is C23H24O7. The van der Waals surface area contributed by atoms with Crippen molar-refractivity contribution in [3.05, 3.63) is 64.0 Å². The van der Waals surface area contributed by atoms with Crippen LogP contribution in [0.15, 0.2) is 51.7 Å². The molecule has 1 N–H and O–H groups in total. The van der Waals surface area contributed by atoms with E-state index in [2.05, 4.69) is 0 Å². The number of ether oxygens (including phenoxy) is 3. The molecule has 0 unspecified atom stereocenters. The third-order valence-electron chi connectivity index (χ3n) is 4.72. The van der Waals surface area contributed by atoms with Crippen LogP contribution in [0.4, 0.5) is 0 Å². The Labute approximate surface area is 173 Å². The van der Waals surface area contributed by atoms with E-state index < -0.39 is 17.5 Å². The number of esters is 1. The number of fused-ring (bicyclic) bond motifs is 1. The molecule has 0 aliphatic carbocycles. The molecule has 0 saturated carbocycles. The minimum atomic E-state index is -0.805. The van der Waals surface area contributed by atoms with Crippen LogP contribution in [0.1, 0.15) is 37.3 Å². The van der Waals surface area contributed by atoms with Gasteiger partial charge in [-0.15, -0.1) is 0 Å². The lowest BCUT2D eigenvalue weighted by molar-refractivity contribution is -0.140. The molecule has 30 heavy (non-hydrogen) atoms. The fourth-order valence-electron chi connectivity index (χ4n) is 3.34. The first-order valence-electron chi connectivity index (χ1n) is 9.51. The molecule has 1 heterocycles. The molecule has 7 nitrogen and oxygen atoms in total. The molecule has 0 spiro atoms. The van der Waals surface area contributed by atoms with Crippen molar-refractivity contribution in [3.8, 4) is 17.2 Å². The molecule has 0 saturated heterocycles. The Morgan fingerprint density at radius 1 is 1.10 bits per heavy atom. The van der Waals surface area contributed by atoms with Crippen molar-refractivity contribution >= 4 is 16.9 Å². The van der Waals surface area contributed by atoms with Gasteiger partial charge in [0.2, 0.25) is 0 Å². The molecule has 3 rings (SSSR count). The van der Waals surface area contributed by atoms with Crippen LogP contribution in [-0.4, -0.2) is 31.4 Å². The van der Waals surface area contributed by atoms with Gasteiger partial charge in [0.25, 0.3) is 0 Å². The Morgan fingerprint density at radius 3 is 2.50 bits per heavy atom. The largest absolute Gasteiger partial charge is 0.507 e. The summed E-state index contributed by atoms with van der Waals surface area (Å²) in [6, 6.07) is 11.8. The molecule has 158 valence electrons. The van der Waals surface area contributed by atoms with Gasteiger partial charge in [0.15, 0.2) is 11.5 Å². The van der Waals surface area contributed by atoms with E-state index >= 15 is 0 Å². The van der Waals surface area contributed by atoms with E-state index in [0.29, 0.717) is 22.4 Å². The Hall–Kier alpha value is -3.48. The molecule has 0 aliphatic rings. The first kappa shape index (κ1) is 21.2. The lowest BCUT2D eigenvalue weighted by atomic mass is 9.88. The summed E-state index contributed by atoms with van der Waals surface area (Å²) in [5.74, 6) is -0.588. The molecule has 2 aromatic carbocycles. The molecule has 0 radical (unpaired) electrons. The van der Waals surface area contributed by atoms with E-state index in [1.165, 1.54) is 14.2 Å². The summed E-state index contributed by atoms with van der Waals surface area (Å²) in [6.07, 6.45) is -0.229. The van der Waals surface area contributed by atoms with Gasteiger partial charge < -0.3 is 23.7 Å². The van der Waals surface area contributed by atoms with E-state index in [0.717, 1.165) is 0 Å². The lowest BCUT2D eigenvalue weighted by Gasteiger charge is -2.20. The minimum Gasteiger partial charge on any atom is -0.507 e. The van der Waals surface area contributed by atoms with Crippen LogP contribution >= 0.6 is 0 Å². The van der Waals surface area contributed by atoms with Crippen LogP contribution in [0.25, 0.3) is 11.0 Å². The molecule has 0 amide bonds.